The topological polar surface area (TPSA) is 212 Å². The van der Waals surface area contributed by atoms with Gasteiger partial charge in [0.05, 0.1) is 12.4 Å². The van der Waals surface area contributed by atoms with Gasteiger partial charge in [-0.25, -0.2) is 14.5 Å². The van der Waals surface area contributed by atoms with Crippen molar-refractivity contribution in [1.82, 2.24) is 24.6 Å². The number of aliphatic hydroxyl groups excluding tert-OH is 2. The lowest BCUT2D eigenvalue weighted by Crippen LogP contribution is -2.37. The third kappa shape index (κ3) is 6.35. The van der Waals surface area contributed by atoms with Gasteiger partial charge in [0.1, 0.15) is 30.0 Å². The molecule has 2 aromatic heterocycles. The zero-order valence-corrected chi connectivity index (χ0v) is 21.6. The third-order valence-electron chi connectivity index (χ3n) is 5.65. The van der Waals surface area contributed by atoms with Crippen LogP contribution < -0.4 is 10.4 Å². The Morgan fingerprint density at radius 3 is 2.57 bits per heavy atom. The number of fused-ring (bicyclic) bond motifs is 1. The van der Waals surface area contributed by atoms with Crippen molar-refractivity contribution in [3.8, 4) is 0 Å². The van der Waals surface area contributed by atoms with Crippen molar-refractivity contribution in [1.29, 1.82) is 0 Å². The van der Waals surface area contributed by atoms with Crippen LogP contribution >= 0.6 is 26.7 Å². The number of hydrogen-bond donors (Lipinski definition) is 7. The second-order valence-electron chi connectivity index (χ2n) is 8.47. The Balaban J connectivity index is 1.56. The van der Waals surface area contributed by atoms with E-state index in [2.05, 4.69) is 25.4 Å². The minimum atomic E-state index is -4.79. The van der Waals surface area contributed by atoms with Crippen molar-refractivity contribution in [2.75, 3.05) is 17.8 Å². The number of aliphatic hydroxyl groups is 2. The van der Waals surface area contributed by atoms with E-state index in [-0.39, 0.29) is 22.3 Å². The van der Waals surface area contributed by atoms with E-state index in [0.29, 0.717) is 5.56 Å². The number of ether oxygens (including phenoxy) is 1. The average molecular weight is 581 g/mol. The minimum absolute atomic E-state index is 0.113. The van der Waals surface area contributed by atoms with Gasteiger partial charge in [0.15, 0.2) is 23.2 Å². The Hall–Kier alpha value is -2.03. The van der Waals surface area contributed by atoms with E-state index >= 15 is 0 Å². The molecule has 4 rings (SSSR count). The zero-order valence-electron chi connectivity index (χ0n) is 19.1. The first-order chi connectivity index (χ1) is 17.3. The van der Waals surface area contributed by atoms with Crippen LogP contribution in [0.2, 0.25) is 5.28 Å². The molecule has 0 spiro atoms. The normalized spacial score (nSPS) is 24.8. The first-order valence-corrected chi connectivity index (χ1v) is 14.8. The monoisotopic (exact) mass is 580 g/mol. The molecule has 1 saturated heterocycles. The number of hydrogen-bond acceptors (Lipinski definition) is 9. The van der Waals surface area contributed by atoms with Gasteiger partial charge in [-0.3, -0.25) is 13.7 Å². The second-order valence-corrected chi connectivity index (χ2v) is 13.0. The van der Waals surface area contributed by atoms with E-state index in [0.717, 1.165) is 0 Å². The van der Waals surface area contributed by atoms with E-state index in [4.69, 9.17) is 26.1 Å². The number of imidazole rings is 1. The molecule has 3 aromatic rings. The molecule has 1 aromatic carbocycles. The summed E-state index contributed by atoms with van der Waals surface area (Å²) in [7, 11) is -9.26. The molecule has 0 saturated carbocycles. The summed E-state index contributed by atoms with van der Waals surface area (Å²) in [6, 6.07) is 5.64. The summed E-state index contributed by atoms with van der Waals surface area (Å²) in [6.45, 7) is 1.21. The molecule has 0 radical (unpaired) electrons. The van der Waals surface area contributed by atoms with Crippen molar-refractivity contribution in [3.63, 3.8) is 0 Å². The molecule has 0 aliphatic carbocycles. The van der Waals surface area contributed by atoms with Gasteiger partial charge >= 0.3 is 7.60 Å². The molecule has 7 N–H and O–H groups in total. The van der Waals surface area contributed by atoms with Crippen LogP contribution in [0, 0.1) is 5.82 Å². The molecule has 0 bridgehead atoms. The summed E-state index contributed by atoms with van der Waals surface area (Å²) >= 11 is 6.10. The number of anilines is 1. The standard InChI is InChI=1S/C19H24ClFN6O8P2/c1-9(10-4-2-3-5-11(10)21)24-16-13-17(26-19(20)25-16)27(7-22-13)18-15(29)14(28)12(35-18)6-23-36(30,31)8-37(32,33)34/h2-5,7,9,12,14-15,18,28-29H,6,8H2,1H3,(H2,23,30,31)(H,24,25,26)(H2,32,33,34)/t9-,12?,14?,15?,18?/m0/s1. The second kappa shape index (κ2) is 10.6. The molecule has 1 fully saturated rings. The van der Waals surface area contributed by atoms with Crippen molar-refractivity contribution >= 4 is 43.7 Å². The van der Waals surface area contributed by atoms with Crippen LogP contribution in [-0.2, 0) is 13.9 Å². The molecule has 1 aliphatic rings. The quantitative estimate of drug-likeness (QED) is 0.141. The van der Waals surface area contributed by atoms with Crippen LogP contribution in [0.15, 0.2) is 30.6 Å². The molecule has 14 nitrogen and oxygen atoms in total. The Labute approximate surface area is 214 Å². The van der Waals surface area contributed by atoms with Gasteiger partial charge in [-0.15, -0.1) is 0 Å². The summed E-state index contributed by atoms with van der Waals surface area (Å²) in [5.41, 5.74) is 0.695. The first kappa shape index (κ1) is 28.0. The summed E-state index contributed by atoms with van der Waals surface area (Å²) in [5, 5.41) is 25.9. The van der Waals surface area contributed by atoms with Gasteiger partial charge in [-0.1, -0.05) is 18.2 Å². The molecule has 37 heavy (non-hydrogen) atoms. The lowest BCUT2D eigenvalue weighted by atomic mass is 10.1. The van der Waals surface area contributed by atoms with Gasteiger partial charge < -0.3 is 34.9 Å². The number of nitrogens with zero attached hydrogens (tertiary/aromatic N) is 4. The van der Waals surface area contributed by atoms with E-state index in [1.54, 1.807) is 25.1 Å². The van der Waals surface area contributed by atoms with Gasteiger partial charge in [0.2, 0.25) is 5.28 Å². The highest BCUT2D eigenvalue weighted by Gasteiger charge is 2.45. The highest BCUT2D eigenvalue weighted by molar-refractivity contribution is 7.71. The SMILES string of the molecule is C[C@H](Nc1nc(Cl)nc2c1ncn2C1OC(CNP(=O)(O)CP(=O)(O)O)C(O)C1O)c1ccccc1F. The molecule has 5 unspecified atom stereocenters. The van der Waals surface area contributed by atoms with E-state index in [1.807, 2.05) is 0 Å². The van der Waals surface area contributed by atoms with E-state index in [1.165, 1.54) is 17.0 Å². The van der Waals surface area contributed by atoms with E-state index < -0.39 is 64.0 Å². The number of rotatable bonds is 9. The maximum atomic E-state index is 14.2. The highest BCUT2D eigenvalue weighted by atomic mass is 35.5. The lowest BCUT2D eigenvalue weighted by Gasteiger charge is -2.19. The maximum absolute atomic E-state index is 14.2. The van der Waals surface area contributed by atoms with Crippen LogP contribution in [0.25, 0.3) is 11.2 Å². The fourth-order valence-corrected chi connectivity index (χ4v) is 6.97. The summed E-state index contributed by atoms with van der Waals surface area (Å²) < 4.78 is 44.2. The van der Waals surface area contributed by atoms with Gasteiger partial charge in [0, 0.05) is 12.1 Å². The van der Waals surface area contributed by atoms with Gasteiger partial charge in [-0.05, 0) is 24.6 Å². The van der Waals surface area contributed by atoms with Gasteiger partial charge in [-0.2, -0.15) is 9.97 Å². The van der Waals surface area contributed by atoms with E-state index in [9.17, 15) is 28.6 Å². The predicted octanol–water partition coefficient (Wildman–Crippen LogP) is 1.32. The van der Waals surface area contributed by atoms with Crippen molar-refractivity contribution < 1.29 is 43.2 Å². The Morgan fingerprint density at radius 1 is 1.19 bits per heavy atom. The van der Waals surface area contributed by atoms with Crippen LogP contribution in [0.5, 0.6) is 0 Å². The summed E-state index contributed by atoms with van der Waals surface area (Å²) in [5.74, 6) is -1.56. The van der Waals surface area contributed by atoms with Gasteiger partial charge in [0.25, 0.3) is 7.52 Å². The number of aromatic nitrogens is 4. The predicted molar refractivity (Wildman–Crippen MR) is 129 cm³/mol. The average Bonchev–Trinajstić information content (AvgIpc) is 3.32. The molecule has 3 heterocycles. The fraction of sp³-hybridized carbons (Fsp3) is 0.421. The number of nitrogens with one attached hydrogen (secondary N) is 2. The van der Waals surface area contributed by atoms with Crippen LogP contribution in [0.3, 0.4) is 0 Å². The largest absolute Gasteiger partial charge is 0.387 e. The maximum Gasteiger partial charge on any atom is 0.336 e. The highest BCUT2D eigenvalue weighted by Crippen LogP contribution is 2.52. The first-order valence-electron chi connectivity index (χ1n) is 10.8. The molecule has 18 heteroatoms. The van der Waals surface area contributed by atoms with Crippen LogP contribution in [0.1, 0.15) is 24.8 Å². The zero-order chi connectivity index (χ0) is 27.1. The minimum Gasteiger partial charge on any atom is -0.387 e. The smallest absolute Gasteiger partial charge is 0.336 e. The lowest BCUT2D eigenvalue weighted by molar-refractivity contribution is -0.0331. The van der Waals surface area contributed by atoms with Crippen LogP contribution in [0.4, 0.5) is 10.2 Å². The molecular formula is C19H24ClFN6O8P2. The van der Waals surface area contributed by atoms with Crippen LogP contribution in [-0.4, -0.2) is 75.2 Å². The Kier molecular flexibility index (Phi) is 8.03. The molecular weight excluding hydrogens is 557 g/mol. The number of benzene rings is 1. The van der Waals surface area contributed by atoms with Crippen molar-refractivity contribution in [2.24, 2.45) is 0 Å². The summed E-state index contributed by atoms with van der Waals surface area (Å²) in [6.07, 6.45) is -4.30. The van der Waals surface area contributed by atoms with Crippen molar-refractivity contribution in [3.05, 3.63) is 47.3 Å². The van der Waals surface area contributed by atoms with Crippen molar-refractivity contribution in [2.45, 2.75) is 37.5 Å². The summed E-state index contributed by atoms with van der Waals surface area (Å²) in [4.78, 5) is 40.2. The number of halogens is 2. The Bertz CT molecular complexity index is 1390. The third-order valence-corrected chi connectivity index (χ3v) is 9.50. The fourth-order valence-electron chi connectivity index (χ4n) is 3.95. The molecule has 6 atom stereocenters. The molecule has 0 amide bonds. The Morgan fingerprint density at radius 2 is 1.89 bits per heavy atom. The molecule has 1 aliphatic heterocycles. The molecule has 202 valence electrons.